The lowest BCUT2D eigenvalue weighted by atomic mass is 10.1. The summed E-state index contributed by atoms with van der Waals surface area (Å²) < 4.78 is 1.80. The minimum Gasteiger partial charge on any atom is -0.272 e. The molecular formula is C8H10N4. The molecular weight excluding hydrogens is 152 g/mol. The summed E-state index contributed by atoms with van der Waals surface area (Å²) in [6.45, 7) is 4.21. The van der Waals surface area contributed by atoms with Crippen LogP contribution >= 0.6 is 0 Å². The maximum atomic E-state index is 4.26. The molecule has 12 heavy (non-hydrogen) atoms. The van der Waals surface area contributed by atoms with Gasteiger partial charge in [-0.25, -0.2) is 4.98 Å². The molecule has 0 atom stereocenters. The van der Waals surface area contributed by atoms with Crippen molar-refractivity contribution in [2.45, 2.75) is 19.8 Å². The van der Waals surface area contributed by atoms with Gasteiger partial charge in [0.25, 0.3) is 0 Å². The lowest BCUT2D eigenvalue weighted by Gasteiger charge is -2.02. The van der Waals surface area contributed by atoms with Crippen molar-refractivity contribution in [3.05, 3.63) is 24.4 Å². The largest absolute Gasteiger partial charge is 0.272 e. The van der Waals surface area contributed by atoms with Gasteiger partial charge in [0, 0.05) is 11.8 Å². The maximum Gasteiger partial charge on any atom is 0.163 e. The fourth-order valence-corrected chi connectivity index (χ4v) is 1.06. The highest BCUT2D eigenvalue weighted by Gasteiger charge is 2.02. The predicted molar refractivity (Wildman–Crippen MR) is 44.9 cm³/mol. The minimum absolute atomic E-state index is 0.437. The molecule has 0 fully saturated rings. The van der Waals surface area contributed by atoms with Crippen molar-refractivity contribution in [2.24, 2.45) is 0 Å². The van der Waals surface area contributed by atoms with Crippen molar-refractivity contribution < 1.29 is 0 Å². The van der Waals surface area contributed by atoms with Gasteiger partial charge in [0.2, 0.25) is 0 Å². The van der Waals surface area contributed by atoms with Crippen molar-refractivity contribution in [2.75, 3.05) is 0 Å². The third-order valence-corrected chi connectivity index (χ3v) is 1.80. The van der Waals surface area contributed by atoms with E-state index in [0.717, 1.165) is 11.3 Å². The average Bonchev–Trinajstić information content (AvgIpc) is 2.49. The second kappa shape index (κ2) is 2.55. The predicted octanol–water partition coefficient (Wildman–Crippen LogP) is 1.25. The molecule has 0 bridgehead atoms. The first-order chi connectivity index (χ1) is 5.77. The number of fused-ring (bicyclic) bond motifs is 1. The number of hydrogen-bond donors (Lipinski definition) is 0. The monoisotopic (exact) mass is 162 g/mol. The Morgan fingerprint density at radius 1 is 1.33 bits per heavy atom. The molecule has 0 aliphatic rings. The molecule has 2 aromatic rings. The van der Waals surface area contributed by atoms with E-state index in [1.54, 1.807) is 17.1 Å². The third-order valence-electron chi connectivity index (χ3n) is 1.80. The standard InChI is InChI=1S/C8H10N4/c1-6(2)7-3-8-11-10-5-12(8)4-9-7/h3-6H,1-2H3. The molecule has 0 saturated carbocycles. The van der Waals surface area contributed by atoms with E-state index in [-0.39, 0.29) is 0 Å². The molecule has 2 heterocycles. The summed E-state index contributed by atoms with van der Waals surface area (Å²) in [4.78, 5) is 4.26. The van der Waals surface area contributed by atoms with Gasteiger partial charge in [-0.1, -0.05) is 13.8 Å². The summed E-state index contributed by atoms with van der Waals surface area (Å²) in [5, 5.41) is 7.71. The van der Waals surface area contributed by atoms with Crippen molar-refractivity contribution in [3.8, 4) is 0 Å². The molecule has 0 unspecified atom stereocenters. The molecule has 0 amide bonds. The molecule has 2 aromatic heterocycles. The van der Waals surface area contributed by atoms with Crippen LogP contribution in [0.1, 0.15) is 25.5 Å². The fourth-order valence-electron chi connectivity index (χ4n) is 1.06. The lowest BCUT2D eigenvalue weighted by molar-refractivity contribution is 0.811. The Kier molecular flexibility index (Phi) is 1.53. The van der Waals surface area contributed by atoms with Crippen LogP contribution < -0.4 is 0 Å². The third kappa shape index (κ3) is 1.05. The Labute approximate surface area is 70.3 Å². The van der Waals surface area contributed by atoms with E-state index in [9.17, 15) is 0 Å². The van der Waals surface area contributed by atoms with E-state index in [1.165, 1.54) is 0 Å². The summed E-state index contributed by atoms with van der Waals surface area (Å²) in [7, 11) is 0. The van der Waals surface area contributed by atoms with Crippen molar-refractivity contribution in [1.29, 1.82) is 0 Å². The number of nitrogens with zero attached hydrogens (tertiary/aromatic N) is 4. The van der Waals surface area contributed by atoms with Crippen LogP contribution in [-0.4, -0.2) is 19.6 Å². The van der Waals surface area contributed by atoms with Gasteiger partial charge in [-0.05, 0) is 5.92 Å². The highest BCUT2D eigenvalue weighted by molar-refractivity contribution is 5.37. The van der Waals surface area contributed by atoms with Crippen LogP contribution in [0.25, 0.3) is 5.65 Å². The second-order valence-electron chi connectivity index (χ2n) is 3.06. The van der Waals surface area contributed by atoms with Crippen LogP contribution in [0.15, 0.2) is 18.7 Å². The Morgan fingerprint density at radius 3 is 2.92 bits per heavy atom. The van der Waals surface area contributed by atoms with Gasteiger partial charge >= 0.3 is 0 Å². The Bertz CT molecular complexity index is 391. The summed E-state index contributed by atoms with van der Waals surface area (Å²) in [5.41, 5.74) is 1.91. The van der Waals surface area contributed by atoms with E-state index >= 15 is 0 Å². The second-order valence-corrected chi connectivity index (χ2v) is 3.06. The van der Waals surface area contributed by atoms with Crippen LogP contribution in [0.4, 0.5) is 0 Å². The van der Waals surface area contributed by atoms with Crippen LogP contribution in [0.3, 0.4) is 0 Å². The molecule has 4 nitrogen and oxygen atoms in total. The summed E-state index contributed by atoms with van der Waals surface area (Å²) in [5.74, 6) is 0.437. The first kappa shape index (κ1) is 7.21. The van der Waals surface area contributed by atoms with Crippen LogP contribution in [0, 0.1) is 0 Å². The SMILES string of the molecule is CC(C)c1cc2nncn2cn1. The van der Waals surface area contributed by atoms with Gasteiger partial charge in [0.15, 0.2) is 5.65 Å². The quantitative estimate of drug-likeness (QED) is 0.633. The number of aromatic nitrogens is 4. The Hall–Kier alpha value is -1.45. The topological polar surface area (TPSA) is 43.1 Å². The number of rotatable bonds is 1. The van der Waals surface area contributed by atoms with Crippen LogP contribution in [0.2, 0.25) is 0 Å². The normalized spacial score (nSPS) is 11.2. The molecule has 0 spiro atoms. The lowest BCUT2D eigenvalue weighted by Crippen LogP contribution is -1.95. The summed E-state index contributed by atoms with van der Waals surface area (Å²) >= 11 is 0. The summed E-state index contributed by atoms with van der Waals surface area (Å²) in [6, 6.07) is 1.96. The molecule has 0 aromatic carbocycles. The van der Waals surface area contributed by atoms with E-state index in [0.29, 0.717) is 5.92 Å². The zero-order chi connectivity index (χ0) is 8.55. The average molecular weight is 162 g/mol. The van der Waals surface area contributed by atoms with E-state index in [2.05, 4.69) is 29.0 Å². The zero-order valence-corrected chi connectivity index (χ0v) is 7.10. The molecule has 0 aliphatic heterocycles. The van der Waals surface area contributed by atoms with E-state index in [4.69, 9.17) is 0 Å². The first-order valence-electron chi connectivity index (χ1n) is 3.92. The minimum atomic E-state index is 0.437. The molecule has 2 rings (SSSR count). The smallest absolute Gasteiger partial charge is 0.163 e. The maximum absolute atomic E-state index is 4.26. The van der Waals surface area contributed by atoms with E-state index < -0.39 is 0 Å². The van der Waals surface area contributed by atoms with Gasteiger partial charge in [0.1, 0.15) is 12.7 Å². The van der Waals surface area contributed by atoms with Gasteiger partial charge < -0.3 is 0 Å². The fraction of sp³-hybridized carbons (Fsp3) is 0.375. The van der Waals surface area contributed by atoms with Crippen molar-refractivity contribution >= 4 is 5.65 Å². The van der Waals surface area contributed by atoms with E-state index in [1.807, 2.05) is 6.07 Å². The van der Waals surface area contributed by atoms with Gasteiger partial charge in [-0.3, -0.25) is 4.40 Å². The summed E-state index contributed by atoms with van der Waals surface area (Å²) in [6.07, 6.45) is 3.39. The molecule has 0 radical (unpaired) electrons. The van der Waals surface area contributed by atoms with Gasteiger partial charge in [0.05, 0.1) is 0 Å². The zero-order valence-electron chi connectivity index (χ0n) is 7.10. The Balaban J connectivity index is 2.60. The van der Waals surface area contributed by atoms with Crippen molar-refractivity contribution in [3.63, 3.8) is 0 Å². The van der Waals surface area contributed by atoms with Gasteiger partial charge in [-0.15, -0.1) is 10.2 Å². The Morgan fingerprint density at radius 2 is 2.17 bits per heavy atom. The molecule has 0 N–H and O–H groups in total. The highest BCUT2D eigenvalue weighted by Crippen LogP contribution is 2.11. The molecule has 4 heteroatoms. The molecule has 0 aliphatic carbocycles. The number of hydrogen-bond acceptors (Lipinski definition) is 3. The van der Waals surface area contributed by atoms with Crippen LogP contribution in [0.5, 0.6) is 0 Å². The van der Waals surface area contributed by atoms with Gasteiger partial charge in [-0.2, -0.15) is 0 Å². The molecule has 0 saturated heterocycles. The van der Waals surface area contributed by atoms with Crippen LogP contribution in [-0.2, 0) is 0 Å². The van der Waals surface area contributed by atoms with Crippen molar-refractivity contribution in [1.82, 2.24) is 19.6 Å². The first-order valence-corrected chi connectivity index (χ1v) is 3.92. The highest BCUT2D eigenvalue weighted by atomic mass is 15.2. The molecule has 62 valence electrons.